The summed E-state index contributed by atoms with van der Waals surface area (Å²) in [4.78, 5) is 11.0. The number of hydrogen-bond donors (Lipinski definition) is 1. The molecule has 1 aliphatic rings. The van der Waals surface area contributed by atoms with Crippen molar-refractivity contribution in [3.05, 3.63) is 34.9 Å². The van der Waals surface area contributed by atoms with E-state index in [2.05, 4.69) is 13.8 Å². The number of benzene rings is 1. The van der Waals surface area contributed by atoms with Crippen molar-refractivity contribution in [2.24, 2.45) is 5.41 Å². The summed E-state index contributed by atoms with van der Waals surface area (Å²) in [6.45, 7) is 4.36. The van der Waals surface area contributed by atoms with Gasteiger partial charge in [0.2, 0.25) is 0 Å². The number of carboxylic acids is 1. The molecule has 0 atom stereocenters. The maximum Gasteiger partial charge on any atom is 0.335 e. The monoisotopic (exact) mass is 190 g/mol. The van der Waals surface area contributed by atoms with Gasteiger partial charge in [0, 0.05) is 0 Å². The van der Waals surface area contributed by atoms with Crippen LogP contribution >= 0.6 is 0 Å². The fourth-order valence-electron chi connectivity index (χ4n) is 2.27. The first-order chi connectivity index (χ1) is 6.49. The Morgan fingerprint density at radius 1 is 1.36 bits per heavy atom. The Balaban J connectivity index is 2.52. The molecule has 1 aromatic rings. The van der Waals surface area contributed by atoms with E-state index in [-0.39, 0.29) is 5.41 Å². The second-order valence-corrected chi connectivity index (χ2v) is 4.77. The number of aromatic carboxylic acids is 1. The lowest BCUT2D eigenvalue weighted by Crippen LogP contribution is -2.10. The first-order valence-corrected chi connectivity index (χ1v) is 4.84. The second kappa shape index (κ2) is 2.84. The Labute approximate surface area is 83.6 Å². The lowest BCUT2D eigenvalue weighted by Gasteiger charge is -2.15. The average Bonchev–Trinajstić information content (AvgIpc) is 2.36. The maximum atomic E-state index is 11.0. The Morgan fingerprint density at radius 3 is 2.71 bits per heavy atom. The van der Waals surface area contributed by atoms with Crippen LogP contribution in [0.5, 0.6) is 0 Å². The van der Waals surface area contributed by atoms with Crippen LogP contribution in [0.15, 0.2) is 18.2 Å². The van der Waals surface area contributed by atoms with E-state index in [1.807, 2.05) is 12.1 Å². The fraction of sp³-hybridized carbons (Fsp3) is 0.417. The molecule has 0 radical (unpaired) electrons. The van der Waals surface area contributed by atoms with Gasteiger partial charge in [0.05, 0.1) is 5.56 Å². The van der Waals surface area contributed by atoms with Gasteiger partial charge in [0.25, 0.3) is 0 Å². The summed E-state index contributed by atoms with van der Waals surface area (Å²) in [5.74, 6) is -0.806. The lowest BCUT2D eigenvalue weighted by molar-refractivity contribution is 0.0695. The molecule has 2 heteroatoms. The molecular weight excluding hydrogens is 176 g/mol. The molecule has 0 spiro atoms. The number of carboxylic acid groups (broad SMARTS) is 1. The number of fused-ring (bicyclic) bond motifs is 1. The molecule has 14 heavy (non-hydrogen) atoms. The van der Waals surface area contributed by atoms with Gasteiger partial charge >= 0.3 is 5.97 Å². The predicted octanol–water partition coefficient (Wildman–Crippen LogP) is 2.51. The Morgan fingerprint density at radius 2 is 2.07 bits per heavy atom. The molecule has 2 nitrogen and oxygen atoms in total. The highest BCUT2D eigenvalue weighted by molar-refractivity contribution is 5.90. The van der Waals surface area contributed by atoms with Crippen molar-refractivity contribution in [1.82, 2.24) is 0 Å². The molecule has 0 bridgehead atoms. The molecule has 74 valence electrons. The maximum absolute atomic E-state index is 11.0. The van der Waals surface area contributed by atoms with E-state index in [9.17, 15) is 4.79 Å². The zero-order chi connectivity index (χ0) is 10.3. The third kappa shape index (κ3) is 1.41. The predicted molar refractivity (Wildman–Crippen MR) is 54.6 cm³/mol. The van der Waals surface area contributed by atoms with Gasteiger partial charge in [0.1, 0.15) is 0 Å². The zero-order valence-corrected chi connectivity index (χ0v) is 8.50. The summed E-state index contributed by atoms with van der Waals surface area (Å²) in [5, 5.41) is 9.02. The van der Waals surface area contributed by atoms with Gasteiger partial charge in [0.15, 0.2) is 0 Å². The largest absolute Gasteiger partial charge is 0.478 e. The summed E-state index contributed by atoms with van der Waals surface area (Å²) in [5.41, 5.74) is 2.93. The Hall–Kier alpha value is -1.31. The quantitative estimate of drug-likeness (QED) is 0.738. The van der Waals surface area contributed by atoms with Gasteiger partial charge in [-0.1, -0.05) is 26.0 Å². The first kappa shape index (κ1) is 9.25. The highest BCUT2D eigenvalue weighted by Gasteiger charge is 2.30. The van der Waals surface area contributed by atoms with E-state index < -0.39 is 5.97 Å². The molecule has 0 fully saturated rings. The molecule has 0 saturated carbocycles. The molecule has 0 saturated heterocycles. The summed E-state index contributed by atoms with van der Waals surface area (Å²) in [7, 11) is 0. The van der Waals surface area contributed by atoms with Crippen LogP contribution in [0.4, 0.5) is 0 Å². The van der Waals surface area contributed by atoms with Crippen LogP contribution in [0.1, 0.15) is 35.3 Å². The topological polar surface area (TPSA) is 37.3 Å². The fourth-order valence-corrected chi connectivity index (χ4v) is 2.27. The van der Waals surface area contributed by atoms with Crippen molar-refractivity contribution >= 4 is 5.97 Å². The van der Waals surface area contributed by atoms with Crippen molar-refractivity contribution in [3.63, 3.8) is 0 Å². The summed E-state index contributed by atoms with van der Waals surface area (Å²) >= 11 is 0. The minimum atomic E-state index is -0.806. The first-order valence-electron chi connectivity index (χ1n) is 4.84. The van der Waals surface area contributed by atoms with Gasteiger partial charge in [-0.05, 0) is 35.4 Å². The molecular formula is C12H14O2. The van der Waals surface area contributed by atoms with E-state index in [1.165, 1.54) is 5.56 Å². The van der Waals surface area contributed by atoms with E-state index in [0.717, 1.165) is 18.4 Å². The van der Waals surface area contributed by atoms with Gasteiger partial charge in [-0.3, -0.25) is 0 Å². The van der Waals surface area contributed by atoms with E-state index in [4.69, 9.17) is 5.11 Å². The SMILES string of the molecule is CC1(C)Cc2cccc(C(=O)O)c2C1. The van der Waals surface area contributed by atoms with Crippen molar-refractivity contribution in [3.8, 4) is 0 Å². The van der Waals surface area contributed by atoms with Crippen molar-refractivity contribution < 1.29 is 9.90 Å². The van der Waals surface area contributed by atoms with E-state index >= 15 is 0 Å². The van der Waals surface area contributed by atoms with Crippen LogP contribution in [0.3, 0.4) is 0 Å². The van der Waals surface area contributed by atoms with Gasteiger partial charge in [-0.15, -0.1) is 0 Å². The molecule has 1 aliphatic carbocycles. The average molecular weight is 190 g/mol. The third-order valence-corrected chi connectivity index (χ3v) is 2.83. The summed E-state index contributed by atoms with van der Waals surface area (Å²) in [6.07, 6.45) is 1.87. The van der Waals surface area contributed by atoms with Crippen molar-refractivity contribution in [1.29, 1.82) is 0 Å². The van der Waals surface area contributed by atoms with Gasteiger partial charge < -0.3 is 5.11 Å². The van der Waals surface area contributed by atoms with Gasteiger partial charge in [-0.25, -0.2) is 4.79 Å². The molecule has 0 aliphatic heterocycles. The lowest BCUT2D eigenvalue weighted by atomic mass is 9.90. The smallest absolute Gasteiger partial charge is 0.335 e. The third-order valence-electron chi connectivity index (χ3n) is 2.83. The molecule has 0 aromatic heterocycles. The van der Waals surface area contributed by atoms with Gasteiger partial charge in [-0.2, -0.15) is 0 Å². The Bertz CT molecular complexity index is 391. The normalized spacial score (nSPS) is 17.9. The molecule has 0 unspecified atom stereocenters. The minimum Gasteiger partial charge on any atom is -0.478 e. The van der Waals surface area contributed by atoms with E-state index in [0.29, 0.717) is 5.56 Å². The van der Waals surface area contributed by atoms with Crippen molar-refractivity contribution in [2.75, 3.05) is 0 Å². The highest BCUT2D eigenvalue weighted by atomic mass is 16.4. The number of rotatable bonds is 1. The Kier molecular flexibility index (Phi) is 1.88. The molecule has 1 aromatic carbocycles. The summed E-state index contributed by atoms with van der Waals surface area (Å²) in [6, 6.07) is 5.57. The number of hydrogen-bond acceptors (Lipinski definition) is 1. The van der Waals surface area contributed by atoms with Crippen LogP contribution in [-0.2, 0) is 12.8 Å². The summed E-state index contributed by atoms with van der Waals surface area (Å²) < 4.78 is 0. The molecule has 0 heterocycles. The zero-order valence-electron chi connectivity index (χ0n) is 8.50. The second-order valence-electron chi connectivity index (χ2n) is 4.77. The van der Waals surface area contributed by atoms with Crippen LogP contribution < -0.4 is 0 Å². The van der Waals surface area contributed by atoms with Crippen molar-refractivity contribution in [2.45, 2.75) is 26.7 Å². The molecule has 2 rings (SSSR count). The number of carbonyl (C=O) groups is 1. The minimum absolute atomic E-state index is 0.216. The van der Waals surface area contributed by atoms with Crippen LogP contribution in [0.25, 0.3) is 0 Å². The van der Waals surface area contributed by atoms with E-state index in [1.54, 1.807) is 6.07 Å². The van der Waals surface area contributed by atoms with Crippen LogP contribution in [0.2, 0.25) is 0 Å². The van der Waals surface area contributed by atoms with Crippen LogP contribution in [-0.4, -0.2) is 11.1 Å². The highest BCUT2D eigenvalue weighted by Crippen LogP contribution is 2.37. The molecule has 1 N–H and O–H groups in total. The van der Waals surface area contributed by atoms with Crippen LogP contribution in [0, 0.1) is 5.41 Å². The molecule has 0 amide bonds. The standard InChI is InChI=1S/C12H14O2/c1-12(2)6-8-4-3-5-9(11(13)14)10(8)7-12/h3-5H,6-7H2,1-2H3,(H,13,14).